The van der Waals surface area contributed by atoms with E-state index >= 15 is 0 Å². The summed E-state index contributed by atoms with van der Waals surface area (Å²) in [4.78, 5) is 35.1. The summed E-state index contributed by atoms with van der Waals surface area (Å²) in [5.41, 5.74) is 0. The molecule has 0 fully saturated rings. The molecular weight excluding hydrogens is 804 g/mol. The molecule has 3 atom stereocenters. The lowest BCUT2D eigenvalue weighted by Crippen LogP contribution is -2.29. The first-order valence-electron chi connectivity index (χ1n) is 24.7. The molecule has 62 heavy (non-hydrogen) atoms. The molecule has 0 rings (SSSR count). The Hall–Kier alpha value is -2.33. The van der Waals surface area contributed by atoms with Crippen LogP contribution in [0.1, 0.15) is 213 Å². The Morgan fingerprint density at radius 1 is 0.500 bits per heavy atom. The van der Waals surface area contributed by atoms with Crippen LogP contribution in [0, 0.1) is 0 Å². The van der Waals surface area contributed by atoms with E-state index in [0.29, 0.717) is 12.8 Å². The predicted molar refractivity (Wildman–Crippen MR) is 256 cm³/mol. The zero-order valence-corrected chi connectivity index (χ0v) is 40.2. The van der Waals surface area contributed by atoms with Gasteiger partial charge in [-0.3, -0.25) is 18.6 Å². The summed E-state index contributed by atoms with van der Waals surface area (Å²) in [6.07, 6.45) is 53.3. The number of allylic oxidation sites excluding steroid dienone is 10. The molecule has 1 unspecified atom stereocenters. The second-order valence-corrected chi connectivity index (χ2v) is 17.9. The first-order chi connectivity index (χ1) is 30.2. The Morgan fingerprint density at radius 3 is 1.34 bits per heavy atom. The van der Waals surface area contributed by atoms with E-state index in [4.69, 9.17) is 23.6 Å². The minimum atomic E-state index is -4.63. The summed E-state index contributed by atoms with van der Waals surface area (Å²) in [5, 5.41) is 18.4. The van der Waals surface area contributed by atoms with Gasteiger partial charge in [0.15, 0.2) is 6.10 Å². The smallest absolute Gasteiger partial charge is 0.462 e. The number of ether oxygens (including phenoxy) is 2. The lowest BCUT2D eigenvalue weighted by molar-refractivity contribution is -0.161. The predicted octanol–water partition coefficient (Wildman–Crippen LogP) is 13.8. The van der Waals surface area contributed by atoms with Gasteiger partial charge in [0.05, 0.1) is 19.8 Å². The average Bonchev–Trinajstić information content (AvgIpc) is 3.26. The number of aliphatic hydroxyl groups excluding tert-OH is 2. The second kappa shape index (κ2) is 46.7. The van der Waals surface area contributed by atoms with Gasteiger partial charge in [0.25, 0.3) is 0 Å². The number of phosphoric acid groups is 1. The fourth-order valence-corrected chi connectivity index (χ4v) is 7.46. The molecule has 0 heterocycles. The molecule has 0 aromatic rings. The number of hydrogen-bond acceptors (Lipinski definition) is 9. The van der Waals surface area contributed by atoms with Crippen molar-refractivity contribution in [2.75, 3.05) is 26.4 Å². The highest BCUT2D eigenvalue weighted by molar-refractivity contribution is 7.47. The molecule has 0 radical (unpaired) electrons. The van der Waals surface area contributed by atoms with Crippen LogP contribution in [0.5, 0.6) is 0 Å². The van der Waals surface area contributed by atoms with Crippen molar-refractivity contribution in [2.45, 2.75) is 225 Å². The molecule has 0 saturated heterocycles. The van der Waals surface area contributed by atoms with E-state index in [9.17, 15) is 24.2 Å². The zero-order valence-electron chi connectivity index (χ0n) is 39.3. The lowest BCUT2D eigenvalue weighted by atomic mass is 10.0. The van der Waals surface area contributed by atoms with Gasteiger partial charge in [-0.05, 0) is 57.8 Å². The third-order valence-corrected chi connectivity index (χ3v) is 11.4. The van der Waals surface area contributed by atoms with Gasteiger partial charge < -0.3 is 24.6 Å². The number of phosphoric ester groups is 1. The van der Waals surface area contributed by atoms with Crippen LogP contribution in [0.15, 0.2) is 60.8 Å². The molecule has 0 aliphatic rings. The Morgan fingerprint density at radius 2 is 0.887 bits per heavy atom. The molecule has 0 aliphatic heterocycles. The molecule has 3 N–H and O–H groups in total. The Bertz CT molecular complexity index is 1210. The van der Waals surface area contributed by atoms with Crippen LogP contribution in [0.3, 0.4) is 0 Å². The highest BCUT2D eigenvalue weighted by atomic mass is 31.2. The van der Waals surface area contributed by atoms with E-state index in [-0.39, 0.29) is 19.4 Å². The Balaban J connectivity index is 4.25. The summed E-state index contributed by atoms with van der Waals surface area (Å²) in [7, 11) is -4.63. The van der Waals surface area contributed by atoms with E-state index in [2.05, 4.69) is 74.6 Å². The average molecular weight is 895 g/mol. The summed E-state index contributed by atoms with van der Waals surface area (Å²) < 4.78 is 32.8. The van der Waals surface area contributed by atoms with Crippen LogP contribution >= 0.6 is 7.82 Å². The second-order valence-electron chi connectivity index (χ2n) is 16.5. The van der Waals surface area contributed by atoms with Gasteiger partial charge in [0.1, 0.15) is 12.7 Å². The maximum Gasteiger partial charge on any atom is 0.472 e. The lowest BCUT2D eigenvalue weighted by Gasteiger charge is -2.20. The normalized spacial score (nSPS) is 14.2. The fraction of sp³-hybridized carbons (Fsp3) is 0.765. The number of aliphatic hydroxyl groups is 2. The summed E-state index contributed by atoms with van der Waals surface area (Å²) in [6.45, 7) is 2.25. The molecule has 0 aromatic carbocycles. The largest absolute Gasteiger partial charge is 0.472 e. The fourth-order valence-electron chi connectivity index (χ4n) is 6.67. The van der Waals surface area contributed by atoms with Gasteiger partial charge in [-0.25, -0.2) is 4.57 Å². The minimum absolute atomic E-state index is 0.144. The summed E-state index contributed by atoms with van der Waals surface area (Å²) in [6, 6.07) is 0. The topological polar surface area (TPSA) is 149 Å². The minimum Gasteiger partial charge on any atom is -0.462 e. The molecule has 360 valence electrons. The third-order valence-electron chi connectivity index (χ3n) is 10.4. The monoisotopic (exact) mass is 895 g/mol. The van der Waals surface area contributed by atoms with E-state index < -0.39 is 51.8 Å². The highest BCUT2D eigenvalue weighted by Gasteiger charge is 2.27. The standard InChI is InChI=1S/C51H91O10P/c1-3-5-7-9-11-13-15-17-19-21-23-25-26-28-30-32-34-36-38-40-42-50(54)58-46-49(47-60-62(56,57)59-45-48(53)44-52)61-51(55)43-41-39-37-35-33-31-29-27-24-22-20-18-16-14-12-10-8-6-4-2/h6,8,12,14,18,20,24,27,31,33,48-49,52-53H,3-5,7,9-11,13,15-17,19,21-23,25-26,28-30,32,34-47H2,1-2H3,(H,56,57)/b8-6+,14-12+,20-18+,27-24+,33-31+/t48-,49+/m0/s1. The Labute approximate surface area is 378 Å². The highest BCUT2D eigenvalue weighted by Crippen LogP contribution is 2.43. The van der Waals surface area contributed by atoms with Crippen molar-refractivity contribution in [3.63, 3.8) is 0 Å². The van der Waals surface area contributed by atoms with Crippen LogP contribution in [0.4, 0.5) is 0 Å². The van der Waals surface area contributed by atoms with Crippen molar-refractivity contribution in [1.82, 2.24) is 0 Å². The van der Waals surface area contributed by atoms with Gasteiger partial charge in [0.2, 0.25) is 0 Å². The van der Waals surface area contributed by atoms with E-state index in [0.717, 1.165) is 70.6 Å². The van der Waals surface area contributed by atoms with Crippen LogP contribution in [0.25, 0.3) is 0 Å². The number of carbonyl (C=O) groups is 2. The van der Waals surface area contributed by atoms with E-state index in [1.807, 2.05) is 0 Å². The van der Waals surface area contributed by atoms with Gasteiger partial charge in [-0.15, -0.1) is 0 Å². The number of esters is 2. The quantitative estimate of drug-likeness (QED) is 0.0233. The molecule has 11 heteroatoms. The zero-order chi connectivity index (χ0) is 45.5. The van der Waals surface area contributed by atoms with Gasteiger partial charge in [-0.2, -0.15) is 0 Å². The number of unbranched alkanes of at least 4 members (excludes halogenated alkanes) is 22. The SMILES string of the molecule is CC/C=C/C/C=C/C/C=C/C/C=C/C/C=C/CCCCCC(=O)O[C@H](COC(=O)CCCCCCCCCCCCCCCCCCCCCC)COP(=O)(O)OC[C@@H](O)CO. The van der Waals surface area contributed by atoms with Crippen molar-refractivity contribution >= 4 is 19.8 Å². The first-order valence-corrected chi connectivity index (χ1v) is 26.2. The maximum atomic E-state index is 12.7. The van der Waals surface area contributed by atoms with Crippen LogP contribution in [-0.2, 0) is 32.7 Å². The molecule has 0 saturated carbocycles. The van der Waals surface area contributed by atoms with Crippen LogP contribution < -0.4 is 0 Å². The third kappa shape index (κ3) is 45.7. The number of carbonyl (C=O) groups excluding carboxylic acids is 2. The van der Waals surface area contributed by atoms with Crippen LogP contribution in [-0.4, -0.2) is 65.7 Å². The molecule has 0 aliphatic carbocycles. The Kier molecular flexibility index (Phi) is 44.9. The molecular formula is C51H91O10P. The van der Waals surface area contributed by atoms with Crippen molar-refractivity contribution in [3.05, 3.63) is 60.8 Å². The van der Waals surface area contributed by atoms with Crippen molar-refractivity contribution in [2.24, 2.45) is 0 Å². The van der Waals surface area contributed by atoms with Gasteiger partial charge in [-0.1, -0.05) is 203 Å². The summed E-state index contributed by atoms with van der Waals surface area (Å²) in [5.74, 6) is -0.957. The van der Waals surface area contributed by atoms with Crippen LogP contribution in [0.2, 0.25) is 0 Å². The van der Waals surface area contributed by atoms with E-state index in [1.54, 1.807) is 0 Å². The van der Waals surface area contributed by atoms with Crippen molar-refractivity contribution in [1.29, 1.82) is 0 Å². The molecule has 0 spiro atoms. The number of hydrogen-bond donors (Lipinski definition) is 3. The maximum absolute atomic E-state index is 12.7. The van der Waals surface area contributed by atoms with Gasteiger partial charge >= 0.3 is 19.8 Å². The molecule has 0 amide bonds. The molecule has 10 nitrogen and oxygen atoms in total. The molecule has 0 bridgehead atoms. The van der Waals surface area contributed by atoms with E-state index in [1.165, 1.54) is 103 Å². The molecule has 0 aromatic heterocycles. The van der Waals surface area contributed by atoms with Crippen molar-refractivity contribution in [3.8, 4) is 0 Å². The van der Waals surface area contributed by atoms with Gasteiger partial charge in [0, 0.05) is 12.8 Å². The summed E-state index contributed by atoms with van der Waals surface area (Å²) >= 11 is 0. The van der Waals surface area contributed by atoms with Crippen molar-refractivity contribution < 1.29 is 47.8 Å². The first kappa shape index (κ1) is 59.7. The number of rotatable bonds is 46.